The van der Waals surface area contributed by atoms with Gasteiger partial charge in [-0.25, -0.2) is 0 Å². The fraction of sp³-hybridized carbons (Fsp3) is 0.714. The van der Waals surface area contributed by atoms with Crippen LogP contribution in [0.3, 0.4) is 0 Å². The first kappa shape index (κ1) is 19.9. The average Bonchev–Trinajstić information content (AvgIpc) is 3.16. The molecule has 0 radical (unpaired) electrons. The van der Waals surface area contributed by atoms with E-state index in [1.54, 1.807) is 29.6 Å². The van der Waals surface area contributed by atoms with Crippen molar-refractivity contribution >= 4 is 17.7 Å². The lowest BCUT2D eigenvalue weighted by atomic mass is 9.92. The number of fused-ring (bicyclic) bond motifs is 1. The first-order valence-electron chi connectivity index (χ1n) is 10.9. The topological polar surface area (TPSA) is 87.5 Å². The van der Waals surface area contributed by atoms with Crippen LogP contribution in [0.4, 0.5) is 0 Å². The van der Waals surface area contributed by atoms with Gasteiger partial charge in [-0.1, -0.05) is 19.3 Å². The van der Waals surface area contributed by atoms with E-state index >= 15 is 0 Å². The number of hydrogen-bond donors (Lipinski definition) is 1. The standard InChI is InChI=1S/C21H31N5O3/c1-21(20(29)22-15-9-5-3-6-10-15)14-26-17(19(28)24(21)2)13-16(23-26)18(27)25-11-7-4-8-12-25/h13,15H,3-12,14H2,1-2H3,(H,22,29)/t21-/m0/s1. The Bertz CT molecular complexity index is 807. The summed E-state index contributed by atoms with van der Waals surface area (Å²) in [5.74, 6) is -0.552. The van der Waals surface area contributed by atoms with E-state index in [0.29, 0.717) is 11.4 Å². The van der Waals surface area contributed by atoms with Crippen LogP contribution in [0.15, 0.2) is 6.07 Å². The molecule has 1 saturated carbocycles. The molecule has 8 nitrogen and oxygen atoms in total. The third-order valence-electron chi connectivity index (χ3n) is 6.79. The lowest BCUT2D eigenvalue weighted by Gasteiger charge is -2.41. The molecule has 3 amide bonds. The Morgan fingerprint density at radius 2 is 1.76 bits per heavy atom. The summed E-state index contributed by atoms with van der Waals surface area (Å²) in [7, 11) is 1.66. The number of carbonyl (C=O) groups is 3. The molecule has 0 spiro atoms. The zero-order valence-electron chi connectivity index (χ0n) is 17.4. The van der Waals surface area contributed by atoms with Crippen molar-refractivity contribution in [2.75, 3.05) is 20.1 Å². The summed E-state index contributed by atoms with van der Waals surface area (Å²) in [6, 6.07) is 1.75. The maximum Gasteiger partial charge on any atom is 0.274 e. The summed E-state index contributed by atoms with van der Waals surface area (Å²) in [5.41, 5.74) is -0.365. The molecule has 3 aliphatic rings. The van der Waals surface area contributed by atoms with E-state index in [1.165, 1.54) is 11.3 Å². The molecule has 1 atom stereocenters. The first-order valence-corrected chi connectivity index (χ1v) is 10.9. The SMILES string of the molecule is CN1C(=O)c2cc(C(=O)N3CCCCC3)nn2C[C@@]1(C)C(=O)NC1CCCCC1. The molecule has 0 unspecified atom stereocenters. The fourth-order valence-corrected chi connectivity index (χ4v) is 4.68. The highest BCUT2D eigenvalue weighted by Crippen LogP contribution is 2.27. The van der Waals surface area contributed by atoms with Gasteiger partial charge in [0.05, 0.1) is 6.54 Å². The minimum absolute atomic E-state index is 0.129. The van der Waals surface area contributed by atoms with Crippen LogP contribution < -0.4 is 5.32 Å². The van der Waals surface area contributed by atoms with Crippen molar-refractivity contribution < 1.29 is 14.4 Å². The van der Waals surface area contributed by atoms with Gasteiger partial charge in [-0.05, 0) is 39.0 Å². The first-order chi connectivity index (χ1) is 13.9. The monoisotopic (exact) mass is 401 g/mol. The number of nitrogens with one attached hydrogen (secondary N) is 1. The van der Waals surface area contributed by atoms with Crippen molar-refractivity contribution in [3.8, 4) is 0 Å². The van der Waals surface area contributed by atoms with Crippen LogP contribution in [0.2, 0.25) is 0 Å². The highest BCUT2D eigenvalue weighted by molar-refractivity contribution is 6.01. The molecule has 1 aliphatic carbocycles. The van der Waals surface area contributed by atoms with E-state index in [1.807, 2.05) is 0 Å². The van der Waals surface area contributed by atoms with E-state index in [0.717, 1.165) is 58.0 Å². The molecule has 0 bridgehead atoms. The lowest BCUT2D eigenvalue weighted by molar-refractivity contribution is -0.133. The third-order valence-corrected chi connectivity index (χ3v) is 6.79. The molecule has 1 saturated heterocycles. The molecule has 0 aromatic carbocycles. The number of likely N-dealkylation sites (tertiary alicyclic amines) is 1. The maximum absolute atomic E-state index is 13.1. The molecule has 2 aliphatic heterocycles. The second-order valence-corrected chi connectivity index (χ2v) is 8.87. The van der Waals surface area contributed by atoms with Crippen LogP contribution in [-0.4, -0.2) is 69.0 Å². The smallest absolute Gasteiger partial charge is 0.274 e. The Labute approximate surface area is 171 Å². The lowest BCUT2D eigenvalue weighted by Crippen LogP contribution is -2.63. The fourth-order valence-electron chi connectivity index (χ4n) is 4.68. The summed E-state index contributed by atoms with van der Waals surface area (Å²) in [6.45, 7) is 3.49. The third kappa shape index (κ3) is 3.65. The molecule has 4 rings (SSSR count). The molecule has 158 valence electrons. The van der Waals surface area contributed by atoms with Gasteiger partial charge in [0.2, 0.25) is 5.91 Å². The van der Waals surface area contributed by atoms with Crippen LogP contribution in [0.25, 0.3) is 0 Å². The minimum Gasteiger partial charge on any atom is -0.351 e. The molecule has 1 aromatic heterocycles. The van der Waals surface area contributed by atoms with Gasteiger partial charge in [-0.3, -0.25) is 19.1 Å². The predicted molar refractivity (Wildman–Crippen MR) is 107 cm³/mol. The van der Waals surface area contributed by atoms with Gasteiger partial charge in [-0.15, -0.1) is 0 Å². The predicted octanol–water partition coefficient (Wildman–Crippen LogP) is 1.80. The van der Waals surface area contributed by atoms with Crippen molar-refractivity contribution in [3.63, 3.8) is 0 Å². The van der Waals surface area contributed by atoms with Gasteiger partial charge in [0.15, 0.2) is 5.69 Å². The Morgan fingerprint density at radius 1 is 1.10 bits per heavy atom. The zero-order valence-corrected chi connectivity index (χ0v) is 17.4. The van der Waals surface area contributed by atoms with Gasteiger partial charge < -0.3 is 15.1 Å². The van der Waals surface area contributed by atoms with Crippen molar-refractivity contribution in [2.24, 2.45) is 0 Å². The average molecular weight is 402 g/mol. The van der Waals surface area contributed by atoms with E-state index < -0.39 is 5.54 Å². The van der Waals surface area contributed by atoms with Crippen LogP contribution in [-0.2, 0) is 11.3 Å². The van der Waals surface area contributed by atoms with E-state index in [2.05, 4.69) is 10.4 Å². The molecule has 2 fully saturated rings. The van der Waals surface area contributed by atoms with Crippen LogP contribution in [0.1, 0.15) is 79.3 Å². The summed E-state index contributed by atoms with van der Waals surface area (Å²) in [4.78, 5) is 42.2. The number of piperidine rings is 1. The molecular formula is C21H31N5O3. The second-order valence-electron chi connectivity index (χ2n) is 8.87. The second kappa shape index (κ2) is 7.80. The van der Waals surface area contributed by atoms with E-state index in [4.69, 9.17) is 0 Å². The highest BCUT2D eigenvalue weighted by atomic mass is 16.2. The number of amides is 3. The number of nitrogens with zero attached hydrogens (tertiary/aromatic N) is 4. The van der Waals surface area contributed by atoms with Crippen molar-refractivity contribution in [2.45, 2.75) is 76.4 Å². The number of aromatic nitrogens is 2. The van der Waals surface area contributed by atoms with Gasteiger partial charge in [0.25, 0.3) is 11.8 Å². The van der Waals surface area contributed by atoms with Crippen molar-refractivity contribution in [1.82, 2.24) is 24.9 Å². The van der Waals surface area contributed by atoms with Crippen molar-refractivity contribution in [3.05, 3.63) is 17.5 Å². The minimum atomic E-state index is -1.03. The highest BCUT2D eigenvalue weighted by Gasteiger charge is 2.47. The Hall–Kier alpha value is -2.38. The Balaban J connectivity index is 1.54. The summed E-state index contributed by atoms with van der Waals surface area (Å²) < 4.78 is 1.54. The van der Waals surface area contributed by atoms with E-state index in [-0.39, 0.29) is 30.3 Å². The Morgan fingerprint density at radius 3 is 2.45 bits per heavy atom. The normalized spacial score (nSPS) is 25.7. The summed E-state index contributed by atoms with van der Waals surface area (Å²) in [5, 5.41) is 7.58. The number of rotatable bonds is 3. The zero-order chi connectivity index (χ0) is 20.6. The van der Waals surface area contributed by atoms with Gasteiger partial charge >= 0.3 is 0 Å². The maximum atomic E-state index is 13.1. The molecule has 29 heavy (non-hydrogen) atoms. The van der Waals surface area contributed by atoms with Crippen LogP contribution in [0, 0.1) is 0 Å². The van der Waals surface area contributed by atoms with Crippen LogP contribution in [0.5, 0.6) is 0 Å². The molecule has 3 heterocycles. The van der Waals surface area contributed by atoms with Gasteiger partial charge in [-0.2, -0.15) is 5.10 Å². The van der Waals surface area contributed by atoms with Crippen molar-refractivity contribution in [1.29, 1.82) is 0 Å². The largest absolute Gasteiger partial charge is 0.351 e. The molecule has 8 heteroatoms. The number of likely N-dealkylation sites (N-methyl/N-ethyl adjacent to an activating group) is 1. The number of carbonyl (C=O) groups excluding carboxylic acids is 3. The molecule has 1 aromatic rings. The summed E-state index contributed by atoms with van der Waals surface area (Å²) >= 11 is 0. The van der Waals surface area contributed by atoms with Gasteiger partial charge in [0, 0.05) is 32.2 Å². The quantitative estimate of drug-likeness (QED) is 0.837. The number of hydrogen-bond acceptors (Lipinski definition) is 4. The molecular weight excluding hydrogens is 370 g/mol. The molecule has 1 N–H and O–H groups in total. The van der Waals surface area contributed by atoms with E-state index in [9.17, 15) is 14.4 Å². The van der Waals surface area contributed by atoms with Crippen LogP contribution >= 0.6 is 0 Å². The Kier molecular flexibility index (Phi) is 5.36. The summed E-state index contributed by atoms with van der Waals surface area (Å²) in [6.07, 6.45) is 8.58. The van der Waals surface area contributed by atoms with Gasteiger partial charge in [0.1, 0.15) is 11.2 Å².